The molecule has 1 fully saturated rings. The van der Waals surface area contributed by atoms with E-state index >= 15 is 0 Å². The van der Waals surface area contributed by atoms with Crippen molar-refractivity contribution in [1.29, 1.82) is 0 Å². The molecule has 2 aliphatic carbocycles. The minimum atomic E-state index is -0.0730. The Morgan fingerprint density at radius 3 is 2.75 bits per heavy atom. The maximum Gasteiger partial charge on any atom is 0.168 e. The van der Waals surface area contributed by atoms with Crippen molar-refractivity contribution in [3.8, 4) is 0 Å². The second kappa shape index (κ2) is 10.1. The molecule has 32 heavy (non-hydrogen) atoms. The molecule has 1 aromatic carbocycles. The second-order valence-corrected chi connectivity index (χ2v) is 8.65. The van der Waals surface area contributed by atoms with Crippen LogP contribution in [0.25, 0.3) is 0 Å². The monoisotopic (exact) mass is 434 g/mol. The van der Waals surface area contributed by atoms with Gasteiger partial charge in [-0.25, -0.2) is 0 Å². The Morgan fingerprint density at radius 2 is 1.97 bits per heavy atom. The molecule has 6 heteroatoms. The van der Waals surface area contributed by atoms with Crippen molar-refractivity contribution in [2.45, 2.75) is 70.6 Å². The van der Waals surface area contributed by atoms with Crippen LogP contribution < -0.4 is 0 Å². The van der Waals surface area contributed by atoms with E-state index in [1.807, 2.05) is 30.3 Å². The third kappa shape index (κ3) is 4.74. The van der Waals surface area contributed by atoms with E-state index in [9.17, 15) is 14.7 Å². The first-order valence-electron chi connectivity index (χ1n) is 11.6. The summed E-state index contributed by atoms with van der Waals surface area (Å²) in [5.74, 6) is 0.731. The zero-order valence-electron chi connectivity index (χ0n) is 18.6. The van der Waals surface area contributed by atoms with Crippen molar-refractivity contribution < 1.29 is 19.2 Å². The summed E-state index contributed by atoms with van der Waals surface area (Å²) >= 11 is 0. The van der Waals surface area contributed by atoms with Crippen LogP contribution in [0.1, 0.15) is 85.2 Å². The topological polar surface area (TPSA) is 92.8 Å². The van der Waals surface area contributed by atoms with E-state index in [1.54, 1.807) is 0 Å². The Hall–Kier alpha value is -3.02. The average Bonchev–Trinajstić information content (AvgIpc) is 3.22. The number of carbonyl (C=O) groups excluding carboxylic acids is 2. The van der Waals surface area contributed by atoms with Gasteiger partial charge in [0.1, 0.15) is 11.5 Å². The van der Waals surface area contributed by atoms with Gasteiger partial charge in [0.05, 0.1) is 16.8 Å². The molecule has 1 N–H and O–H groups in total. The van der Waals surface area contributed by atoms with Crippen LogP contribution in [-0.2, 0) is 17.6 Å². The molecule has 0 spiro atoms. The molecule has 0 radical (unpaired) electrons. The van der Waals surface area contributed by atoms with Gasteiger partial charge < -0.3 is 9.63 Å². The van der Waals surface area contributed by atoms with Gasteiger partial charge in [-0.15, -0.1) is 0 Å². The van der Waals surface area contributed by atoms with E-state index in [0.717, 1.165) is 31.2 Å². The van der Waals surface area contributed by atoms with Crippen molar-refractivity contribution >= 4 is 17.3 Å². The van der Waals surface area contributed by atoms with Crippen molar-refractivity contribution in [3.05, 3.63) is 64.2 Å². The Kier molecular flexibility index (Phi) is 6.98. The third-order valence-electron chi connectivity index (χ3n) is 6.33. The van der Waals surface area contributed by atoms with E-state index < -0.39 is 0 Å². The number of Topliss-reactive ketones (excluding diaryl/α,β-unsaturated/α-hetero) is 2. The van der Waals surface area contributed by atoms with E-state index in [1.165, 1.54) is 0 Å². The highest BCUT2D eigenvalue weighted by Gasteiger charge is 2.33. The molecule has 1 atom stereocenters. The third-order valence-corrected chi connectivity index (χ3v) is 6.33. The number of hydrogen-bond donors (Lipinski definition) is 1. The SMILES string of the molecule is CCCCN=C1CC(c2ccccc2)CC(=O)/C1=C(\O)CCc1noc2c1C(=O)CCC2. The summed E-state index contributed by atoms with van der Waals surface area (Å²) in [5.41, 5.74) is 3.32. The number of unbranched alkanes of at least 4 members (excludes halogenated alkanes) is 1. The first-order valence-corrected chi connectivity index (χ1v) is 11.6. The van der Waals surface area contributed by atoms with Gasteiger partial charge in [0.2, 0.25) is 0 Å². The number of aromatic nitrogens is 1. The number of aliphatic hydroxyl groups is 1. The largest absolute Gasteiger partial charge is 0.511 e. The molecule has 168 valence electrons. The Bertz CT molecular complexity index is 1050. The Balaban J connectivity index is 1.56. The van der Waals surface area contributed by atoms with Gasteiger partial charge in [0.15, 0.2) is 11.6 Å². The number of benzene rings is 1. The molecule has 4 rings (SSSR count). The van der Waals surface area contributed by atoms with Gasteiger partial charge in [-0.05, 0) is 30.7 Å². The van der Waals surface area contributed by atoms with Crippen LogP contribution in [0.3, 0.4) is 0 Å². The van der Waals surface area contributed by atoms with Crippen molar-refractivity contribution in [3.63, 3.8) is 0 Å². The first kappa shape index (κ1) is 22.2. The fourth-order valence-electron chi connectivity index (χ4n) is 4.61. The summed E-state index contributed by atoms with van der Waals surface area (Å²) in [6.07, 6.45) is 5.54. The molecule has 1 aromatic heterocycles. The summed E-state index contributed by atoms with van der Waals surface area (Å²) in [7, 11) is 0. The molecule has 1 unspecified atom stereocenters. The highest BCUT2D eigenvalue weighted by atomic mass is 16.5. The van der Waals surface area contributed by atoms with E-state index in [-0.39, 0.29) is 29.7 Å². The fraction of sp³-hybridized carbons (Fsp3) is 0.462. The van der Waals surface area contributed by atoms with Crippen LogP contribution >= 0.6 is 0 Å². The number of nitrogens with zero attached hydrogens (tertiary/aromatic N) is 2. The molecule has 1 heterocycles. The van der Waals surface area contributed by atoms with Crippen LogP contribution in [0.5, 0.6) is 0 Å². The smallest absolute Gasteiger partial charge is 0.168 e. The normalized spacial score (nSPS) is 21.7. The molecule has 0 saturated heterocycles. The van der Waals surface area contributed by atoms with Gasteiger partial charge in [-0.3, -0.25) is 14.6 Å². The van der Waals surface area contributed by atoms with Crippen molar-refractivity contribution in [1.82, 2.24) is 5.16 Å². The number of rotatable bonds is 7. The van der Waals surface area contributed by atoms with Crippen LogP contribution in [0.2, 0.25) is 0 Å². The summed E-state index contributed by atoms with van der Waals surface area (Å²) in [5, 5.41) is 15.0. The number of carbonyl (C=O) groups is 2. The standard InChI is InChI=1S/C26H30N2O4/c1-2-3-14-27-20-15-18(17-8-5-4-6-9-17)16-23(31)25(20)22(30)13-12-19-26-21(29)10-7-11-24(26)32-28-19/h4-6,8-9,18,30H,2-3,7,10-16H2,1H3/b25-22-,27-20?. The quantitative estimate of drug-likeness (QED) is 0.361. The Morgan fingerprint density at radius 1 is 1.16 bits per heavy atom. The lowest BCUT2D eigenvalue weighted by molar-refractivity contribution is -0.116. The lowest BCUT2D eigenvalue weighted by atomic mass is 9.78. The minimum absolute atomic E-state index is 0.0387. The van der Waals surface area contributed by atoms with Crippen molar-refractivity contribution in [2.75, 3.05) is 6.54 Å². The predicted molar refractivity (Wildman–Crippen MR) is 122 cm³/mol. The zero-order chi connectivity index (χ0) is 22.5. The van der Waals surface area contributed by atoms with Gasteiger partial charge in [0, 0.05) is 44.4 Å². The van der Waals surface area contributed by atoms with Crippen molar-refractivity contribution in [2.24, 2.45) is 4.99 Å². The molecular weight excluding hydrogens is 404 g/mol. The lowest BCUT2D eigenvalue weighted by Gasteiger charge is -2.26. The number of allylic oxidation sites excluding steroid dienone is 2. The molecule has 6 nitrogen and oxygen atoms in total. The number of aliphatic hydroxyl groups excluding tert-OH is 1. The number of hydrogen-bond acceptors (Lipinski definition) is 6. The summed E-state index contributed by atoms with van der Waals surface area (Å²) < 4.78 is 5.35. The highest BCUT2D eigenvalue weighted by Crippen LogP contribution is 2.34. The maximum absolute atomic E-state index is 13.1. The van der Waals surface area contributed by atoms with E-state index in [0.29, 0.717) is 60.5 Å². The van der Waals surface area contributed by atoms with Crippen LogP contribution in [0, 0.1) is 0 Å². The fourth-order valence-corrected chi connectivity index (χ4v) is 4.61. The molecule has 0 aliphatic heterocycles. The van der Waals surface area contributed by atoms with E-state index in [2.05, 4.69) is 12.1 Å². The second-order valence-electron chi connectivity index (χ2n) is 8.65. The summed E-state index contributed by atoms with van der Waals surface area (Å²) in [4.78, 5) is 30.1. The summed E-state index contributed by atoms with van der Waals surface area (Å²) in [6.45, 7) is 2.75. The zero-order valence-corrected chi connectivity index (χ0v) is 18.6. The number of ketones is 2. The molecule has 1 saturated carbocycles. The van der Waals surface area contributed by atoms with Gasteiger partial charge >= 0.3 is 0 Å². The molecule has 0 amide bonds. The number of aryl methyl sites for hydroxylation is 2. The van der Waals surface area contributed by atoms with Crippen LogP contribution in [0.4, 0.5) is 0 Å². The predicted octanol–water partition coefficient (Wildman–Crippen LogP) is 5.33. The van der Waals surface area contributed by atoms with Crippen LogP contribution in [-0.4, -0.2) is 34.1 Å². The first-order chi connectivity index (χ1) is 15.6. The maximum atomic E-state index is 13.1. The minimum Gasteiger partial charge on any atom is -0.511 e. The van der Waals surface area contributed by atoms with E-state index in [4.69, 9.17) is 9.52 Å². The highest BCUT2D eigenvalue weighted by molar-refractivity contribution is 6.24. The molecule has 0 bridgehead atoms. The molecular formula is C26H30N2O4. The Labute approximate surface area is 188 Å². The van der Waals surface area contributed by atoms with Gasteiger partial charge in [-0.2, -0.15) is 0 Å². The van der Waals surface area contributed by atoms with Crippen LogP contribution in [0.15, 0.2) is 51.2 Å². The summed E-state index contributed by atoms with van der Waals surface area (Å²) in [6, 6.07) is 10.0. The number of aliphatic imine (C=N–C) groups is 1. The number of fused-ring (bicyclic) bond motifs is 1. The lowest BCUT2D eigenvalue weighted by Crippen LogP contribution is -2.27. The molecule has 2 aromatic rings. The average molecular weight is 435 g/mol. The molecule has 2 aliphatic rings. The van der Waals surface area contributed by atoms with Gasteiger partial charge in [0.25, 0.3) is 0 Å². The van der Waals surface area contributed by atoms with Gasteiger partial charge in [-0.1, -0.05) is 48.8 Å².